The van der Waals surface area contributed by atoms with Gasteiger partial charge in [0.25, 0.3) is 0 Å². The molecule has 0 amide bonds. The number of hydrogen-bond acceptors (Lipinski definition) is 4. The van der Waals surface area contributed by atoms with Gasteiger partial charge in [-0.15, -0.1) is 0 Å². The lowest BCUT2D eigenvalue weighted by atomic mass is 9.85. The highest BCUT2D eigenvalue weighted by molar-refractivity contribution is 5.97. The fourth-order valence-electron chi connectivity index (χ4n) is 2.53. The van der Waals surface area contributed by atoms with E-state index in [2.05, 4.69) is 20.8 Å². The molecule has 1 aromatic carbocycles. The Labute approximate surface area is 223 Å². The number of carbonyl (C=O) groups excluding carboxylic acids is 4. The van der Waals surface area contributed by atoms with Gasteiger partial charge in [-0.1, -0.05) is 127 Å². The Morgan fingerprint density at radius 1 is 0.639 bits per heavy atom. The summed E-state index contributed by atoms with van der Waals surface area (Å²) in [6, 6.07) is 9.38. The lowest BCUT2D eigenvalue weighted by Crippen LogP contribution is -2.24. The first-order valence-corrected chi connectivity index (χ1v) is 13.2. The quantitative estimate of drug-likeness (QED) is 0.363. The van der Waals surface area contributed by atoms with Crippen molar-refractivity contribution in [1.29, 1.82) is 0 Å². The van der Waals surface area contributed by atoms with Gasteiger partial charge >= 0.3 is 0 Å². The molecular weight excluding hydrogens is 448 g/mol. The average molecular weight is 505 g/mol. The Balaban J connectivity index is -0.000000412. The molecule has 0 unspecified atom stereocenters. The number of ketones is 4. The summed E-state index contributed by atoms with van der Waals surface area (Å²) in [5.41, 5.74) is 0.803. The zero-order valence-electron chi connectivity index (χ0n) is 26.0. The minimum Gasteiger partial charge on any atom is -0.300 e. The number of Topliss-reactive ketones (excluding diaryl/α,β-unsaturated/α-hetero) is 4. The molecule has 4 nitrogen and oxygen atoms in total. The minimum absolute atomic E-state index is 0.0948. The van der Waals surface area contributed by atoms with Gasteiger partial charge in [0.2, 0.25) is 0 Å². The van der Waals surface area contributed by atoms with Crippen molar-refractivity contribution in [3.8, 4) is 0 Å². The topological polar surface area (TPSA) is 68.3 Å². The summed E-state index contributed by atoms with van der Waals surface area (Å²) in [7, 11) is 0. The summed E-state index contributed by atoms with van der Waals surface area (Å²) in [4.78, 5) is 43.8. The molecule has 0 aliphatic heterocycles. The van der Waals surface area contributed by atoms with Crippen LogP contribution in [0.3, 0.4) is 0 Å². The van der Waals surface area contributed by atoms with Crippen molar-refractivity contribution in [1.82, 2.24) is 0 Å². The van der Waals surface area contributed by atoms with Crippen LogP contribution in [0.25, 0.3) is 0 Å². The van der Waals surface area contributed by atoms with Crippen LogP contribution >= 0.6 is 0 Å². The van der Waals surface area contributed by atoms with E-state index in [9.17, 15) is 19.2 Å². The van der Waals surface area contributed by atoms with Gasteiger partial charge in [0.05, 0.1) is 0 Å². The van der Waals surface area contributed by atoms with Crippen molar-refractivity contribution in [2.45, 2.75) is 110 Å². The van der Waals surface area contributed by atoms with Gasteiger partial charge in [-0.3, -0.25) is 19.2 Å². The minimum atomic E-state index is -0.159. The number of rotatable bonds is 6. The van der Waals surface area contributed by atoms with Crippen molar-refractivity contribution >= 4 is 23.1 Å². The normalized spacial score (nSPS) is 11.1. The molecule has 0 fully saturated rings. The molecule has 1 rings (SSSR count). The van der Waals surface area contributed by atoms with E-state index in [0.717, 1.165) is 5.56 Å². The van der Waals surface area contributed by atoms with E-state index in [1.807, 2.05) is 106 Å². The average Bonchev–Trinajstić information content (AvgIpc) is 2.72. The lowest BCUT2D eigenvalue weighted by molar-refractivity contribution is -0.129. The first kappa shape index (κ1) is 38.4. The molecule has 1 aromatic rings. The molecule has 0 atom stereocenters. The second kappa shape index (κ2) is 18.2. The monoisotopic (exact) mass is 504 g/mol. The Bertz CT molecular complexity index is 771. The molecule has 0 heterocycles. The van der Waals surface area contributed by atoms with E-state index in [1.54, 1.807) is 6.92 Å². The summed E-state index contributed by atoms with van der Waals surface area (Å²) in [5, 5.41) is 0. The van der Waals surface area contributed by atoms with Crippen LogP contribution in [0.1, 0.15) is 121 Å². The van der Waals surface area contributed by atoms with Crippen molar-refractivity contribution in [2.24, 2.45) is 34.5 Å². The molecule has 4 heteroatoms. The zero-order chi connectivity index (χ0) is 29.4. The lowest BCUT2D eigenvalue weighted by Gasteiger charge is -2.18. The Morgan fingerprint density at radius 2 is 1.03 bits per heavy atom. The Kier molecular flexibility index (Phi) is 19.4. The second-order valence-electron chi connectivity index (χ2n) is 12.8. The molecule has 0 aliphatic carbocycles. The highest BCUT2D eigenvalue weighted by Gasteiger charge is 2.23. The first-order chi connectivity index (χ1) is 16.0. The maximum atomic E-state index is 11.3. The number of carbonyl (C=O) groups is 4. The molecule has 0 N–H and O–H groups in total. The van der Waals surface area contributed by atoms with Gasteiger partial charge in [0.1, 0.15) is 17.3 Å². The molecule has 0 aromatic heterocycles. The maximum absolute atomic E-state index is 11.3. The summed E-state index contributed by atoms with van der Waals surface area (Å²) in [6.07, 6.45) is 0.699. The fourth-order valence-corrected chi connectivity index (χ4v) is 2.53. The third-order valence-electron chi connectivity index (χ3n) is 5.01. The smallest absolute Gasteiger partial charge is 0.165 e. The van der Waals surface area contributed by atoms with Crippen molar-refractivity contribution in [2.75, 3.05) is 0 Å². The van der Waals surface area contributed by atoms with Crippen LogP contribution < -0.4 is 0 Å². The largest absolute Gasteiger partial charge is 0.300 e. The SMILES string of the molecule is CC(=O)C(C)C.CC(C)C(=O)C(C)(C)C.CC(C)C(=O)CC(C)(C)C.CC(C)C(=O)c1ccccc1. The standard InChI is InChI=1S/C10H12O.C9H18O.C8H16O.C5H10O/c1-8(2)10(11)9-6-4-3-5-7-9;1-7(2)8(10)6-9(3,4)5;1-6(2)7(9)8(3,4)5;1-4(2)5(3)6/h3-8H,1-2H3;7H,6H2,1-5H3;6H,1-5H3;4H,1-3H3. The highest BCUT2D eigenvalue weighted by Crippen LogP contribution is 2.21. The van der Waals surface area contributed by atoms with Crippen LogP contribution in [0.5, 0.6) is 0 Å². The van der Waals surface area contributed by atoms with Crippen molar-refractivity contribution in [3.05, 3.63) is 35.9 Å². The molecule has 0 bridgehead atoms. The van der Waals surface area contributed by atoms with E-state index < -0.39 is 0 Å². The Hall–Kier alpha value is -2.10. The van der Waals surface area contributed by atoms with Crippen LogP contribution in [0, 0.1) is 34.5 Å². The molecule has 0 saturated carbocycles. The first-order valence-electron chi connectivity index (χ1n) is 13.2. The third kappa shape index (κ3) is 22.4. The van der Waals surface area contributed by atoms with Crippen molar-refractivity contribution in [3.63, 3.8) is 0 Å². The van der Waals surface area contributed by atoms with Gasteiger partial charge in [-0.05, 0) is 12.3 Å². The van der Waals surface area contributed by atoms with E-state index in [-0.39, 0.29) is 46.1 Å². The zero-order valence-corrected chi connectivity index (χ0v) is 26.0. The molecule has 0 spiro atoms. The predicted molar refractivity (Wildman–Crippen MR) is 154 cm³/mol. The van der Waals surface area contributed by atoms with Gasteiger partial charge < -0.3 is 0 Å². The van der Waals surface area contributed by atoms with E-state index in [4.69, 9.17) is 0 Å². The van der Waals surface area contributed by atoms with Crippen LogP contribution in [0.4, 0.5) is 0 Å². The fraction of sp³-hybridized carbons (Fsp3) is 0.688. The Morgan fingerprint density at radius 3 is 1.19 bits per heavy atom. The van der Waals surface area contributed by atoms with Gasteiger partial charge in [0, 0.05) is 41.1 Å². The van der Waals surface area contributed by atoms with E-state index in [0.29, 0.717) is 18.0 Å². The molecule has 0 saturated heterocycles. The number of hydrogen-bond donors (Lipinski definition) is 0. The van der Waals surface area contributed by atoms with Crippen molar-refractivity contribution < 1.29 is 19.2 Å². The number of benzene rings is 1. The summed E-state index contributed by atoms with van der Waals surface area (Å²) >= 11 is 0. The van der Waals surface area contributed by atoms with Crippen LogP contribution in [0.2, 0.25) is 0 Å². The molecular formula is C32H56O4. The van der Waals surface area contributed by atoms with Crippen LogP contribution in [-0.4, -0.2) is 23.1 Å². The summed E-state index contributed by atoms with van der Waals surface area (Å²) < 4.78 is 0. The maximum Gasteiger partial charge on any atom is 0.165 e. The highest BCUT2D eigenvalue weighted by atomic mass is 16.1. The van der Waals surface area contributed by atoms with Crippen LogP contribution in [0.15, 0.2) is 30.3 Å². The van der Waals surface area contributed by atoms with Gasteiger partial charge in [-0.2, -0.15) is 0 Å². The summed E-state index contributed by atoms with van der Waals surface area (Å²) in [6.45, 7) is 29.1. The molecule has 208 valence electrons. The van der Waals surface area contributed by atoms with Gasteiger partial charge in [-0.25, -0.2) is 0 Å². The molecule has 36 heavy (non-hydrogen) atoms. The van der Waals surface area contributed by atoms with E-state index >= 15 is 0 Å². The predicted octanol–water partition coefficient (Wildman–Crippen LogP) is 8.66. The summed E-state index contributed by atoms with van der Waals surface area (Å²) in [5.74, 6) is 1.85. The molecule has 0 radical (unpaired) electrons. The second-order valence-corrected chi connectivity index (χ2v) is 12.8. The van der Waals surface area contributed by atoms with E-state index in [1.165, 1.54) is 0 Å². The van der Waals surface area contributed by atoms with Crippen LogP contribution in [-0.2, 0) is 14.4 Å². The third-order valence-corrected chi connectivity index (χ3v) is 5.01. The van der Waals surface area contributed by atoms with Gasteiger partial charge in [0.15, 0.2) is 5.78 Å². The molecule has 0 aliphatic rings.